The van der Waals surface area contributed by atoms with Crippen LogP contribution in [0, 0.1) is 0 Å². The van der Waals surface area contributed by atoms with Gasteiger partial charge in [0.25, 0.3) is 5.92 Å². The Hall–Kier alpha value is -0.890. The average Bonchev–Trinajstić information content (AvgIpc) is 2.84. The van der Waals surface area contributed by atoms with Gasteiger partial charge in [-0.3, -0.25) is 9.59 Å². The lowest BCUT2D eigenvalue weighted by Gasteiger charge is -2.30. The fourth-order valence-corrected chi connectivity index (χ4v) is 3.84. The Morgan fingerprint density at radius 3 is 3.00 bits per heavy atom. The number of amides is 2. The number of halogens is 2. The number of hydrogen-bond donors (Lipinski definition) is 2. The maximum atomic E-state index is 12.9. The number of rotatable bonds is 4. The third-order valence-electron chi connectivity index (χ3n) is 3.50. The van der Waals surface area contributed by atoms with Crippen LogP contribution in [0.5, 0.6) is 0 Å². The number of carbonyl (C=O) groups excluding carboxylic acids is 2. The molecule has 5 nitrogen and oxygen atoms in total. The Balaban J connectivity index is 1.99. The predicted molar refractivity (Wildman–Crippen MR) is 65.8 cm³/mol. The van der Waals surface area contributed by atoms with E-state index in [9.17, 15) is 18.4 Å². The summed E-state index contributed by atoms with van der Waals surface area (Å²) >= 11 is 1.50. The molecule has 0 spiro atoms. The standard InChI is InChI=1S/C11H16F2N2O3S/c1-10-3-2-8(17)15(10)7(4-19-10)9(18)14-5-11(12,13)6-16/h7,16H,2-6H2,1H3,(H,14,18). The first-order chi connectivity index (χ1) is 8.79. The Kier molecular flexibility index (Phi) is 3.74. The monoisotopic (exact) mass is 294 g/mol. The van der Waals surface area contributed by atoms with Crippen molar-refractivity contribution in [2.45, 2.75) is 36.6 Å². The zero-order chi connectivity index (χ0) is 14.3. The molecule has 19 heavy (non-hydrogen) atoms. The molecule has 0 aromatic rings. The average molecular weight is 294 g/mol. The van der Waals surface area contributed by atoms with Crippen molar-refractivity contribution in [3.63, 3.8) is 0 Å². The van der Waals surface area contributed by atoms with Crippen molar-refractivity contribution in [1.82, 2.24) is 10.2 Å². The molecule has 0 aromatic heterocycles. The Morgan fingerprint density at radius 2 is 2.37 bits per heavy atom. The van der Waals surface area contributed by atoms with Gasteiger partial charge in [0.2, 0.25) is 11.8 Å². The number of aliphatic hydroxyl groups excluding tert-OH is 1. The predicted octanol–water partition coefficient (Wildman–Crippen LogP) is 0.184. The van der Waals surface area contributed by atoms with Crippen LogP contribution in [-0.2, 0) is 9.59 Å². The van der Waals surface area contributed by atoms with E-state index in [2.05, 4.69) is 5.32 Å². The number of carbonyl (C=O) groups is 2. The van der Waals surface area contributed by atoms with Crippen molar-refractivity contribution < 1.29 is 23.5 Å². The molecule has 2 unspecified atom stereocenters. The van der Waals surface area contributed by atoms with E-state index in [0.717, 1.165) is 0 Å². The van der Waals surface area contributed by atoms with Crippen molar-refractivity contribution in [2.24, 2.45) is 0 Å². The van der Waals surface area contributed by atoms with Gasteiger partial charge in [0.1, 0.15) is 12.6 Å². The highest BCUT2D eigenvalue weighted by Crippen LogP contribution is 2.47. The summed E-state index contributed by atoms with van der Waals surface area (Å²) in [4.78, 5) is 24.8. The highest BCUT2D eigenvalue weighted by Gasteiger charge is 2.53. The van der Waals surface area contributed by atoms with E-state index in [-0.39, 0.29) is 5.91 Å². The summed E-state index contributed by atoms with van der Waals surface area (Å²) in [5.74, 6) is -3.61. The topological polar surface area (TPSA) is 69.6 Å². The number of aliphatic hydroxyl groups is 1. The van der Waals surface area contributed by atoms with E-state index < -0.39 is 35.9 Å². The van der Waals surface area contributed by atoms with E-state index in [1.807, 2.05) is 6.92 Å². The third-order valence-corrected chi connectivity index (χ3v) is 5.01. The summed E-state index contributed by atoms with van der Waals surface area (Å²) in [5, 5.41) is 10.5. The zero-order valence-electron chi connectivity index (χ0n) is 10.5. The van der Waals surface area contributed by atoms with Gasteiger partial charge in [0.15, 0.2) is 0 Å². The minimum atomic E-state index is -3.33. The third kappa shape index (κ3) is 2.69. The van der Waals surface area contributed by atoms with Gasteiger partial charge in [0.05, 0.1) is 11.4 Å². The highest BCUT2D eigenvalue weighted by atomic mass is 32.2. The SMILES string of the molecule is CC12CCC(=O)N1C(C(=O)NCC(F)(F)CO)CS2. The molecule has 0 aromatic carbocycles. The van der Waals surface area contributed by atoms with Gasteiger partial charge >= 0.3 is 0 Å². The number of nitrogens with one attached hydrogen (secondary N) is 1. The molecule has 2 saturated heterocycles. The minimum Gasteiger partial charge on any atom is -0.390 e. The van der Waals surface area contributed by atoms with Crippen LogP contribution in [0.3, 0.4) is 0 Å². The van der Waals surface area contributed by atoms with Crippen molar-refractivity contribution in [3.05, 3.63) is 0 Å². The summed E-state index contributed by atoms with van der Waals surface area (Å²) in [6.45, 7) is -0.340. The molecule has 2 heterocycles. The first-order valence-electron chi connectivity index (χ1n) is 6.02. The van der Waals surface area contributed by atoms with Gasteiger partial charge in [0, 0.05) is 12.2 Å². The van der Waals surface area contributed by atoms with Crippen molar-refractivity contribution in [2.75, 3.05) is 18.9 Å². The van der Waals surface area contributed by atoms with Gasteiger partial charge in [-0.15, -0.1) is 11.8 Å². The lowest BCUT2D eigenvalue weighted by molar-refractivity contribution is -0.139. The zero-order valence-corrected chi connectivity index (χ0v) is 11.3. The lowest BCUT2D eigenvalue weighted by Crippen LogP contribution is -2.52. The molecule has 2 amide bonds. The van der Waals surface area contributed by atoms with Crippen molar-refractivity contribution in [1.29, 1.82) is 0 Å². The molecule has 108 valence electrons. The molecule has 0 saturated carbocycles. The highest BCUT2D eigenvalue weighted by molar-refractivity contribution is 8.01. The van der Waals surface area contributed by atoms with Crippen LogP contribution in [0.1, 0.15) is 19.8 Å². The molecule has 2 rings (SSSR count). The molecule has 0 radical (unpaired) electrons. The normalized spacial score (nSPS) is 30.6. The fraction of sp³-hybridized carbons (Fsp3) is 0.818. The Labute approximate surface area is 113 Å². The van der Waals surface area contributed by atoms with E-state index in [0.29, 0.717) is 18.6 Å². The molecule has 2 fully saturated rings. The fourth-order valence-electron chi connectivity index (χ4n) is 2.40. The van der Waals surface area contributed by atoms with Gasteiger partial charge < -0.3 is 15.3 Å². The number of alkyl halides is 2. The van der Waals surface area contributed by atoms with E-state index in [1.54, 1.807) is 0 Å². The Bertz CT molecular complexity index is 407. The summed E-state index contributed by atoms with van der Waals surface area (Å²) in [7, 11) is 0. The van der Waals surface area contributed by atoms with Crippen LogP contribution in [0.4, 0.5) is 8.78 Å². The van der Waals surface area contributed by atoms with Crippen LogP contribution < -0.4 is 5.32 Å². The van der Waals surface area contributed by atoms with Crippen LogP contribution >= 0.6 is 11.8 Å². The maximum absolute atomic E-state index is 12.9. The largest absolute Gasteiger partial charge is 0.390 e. The molecule has 0 aliphatic carbocycles. The van der Waals surface area contributed by atoms with Crippen molar-refractivity contribution in [3.8, 4) is 0 Å². The quantitative estimate of drug-likeness (QED) is 0.776. The van der Waals surface area contributed by atoms with Gasteiger partial charge in [-0.2, -0.15) is 0 Å². The molecule has 2 N–H and O–H groups in total. The van der Waals surface area contributed by atoms with Crippen LogP contribution in [0.2, 0.25) is 0 Å². The smallest absolute Gasteiger partial charge is 0.287 e. The van der Waals surface area contributed by atoms with E-state index in [4.69, 9.17) is 5.11 Å². The van der Waals surface area contributed by atoms with Gasteiger partial charge in [-0.1, -0.05) is 0 Å². The Morgan fingerprint density at radius 1 is 1.68 bits per heavy atom. The molecule has 2 aliphatic rings. The van der Waals surface area contributed by atoms with Crippen LogP contribution in [0.25, 0.3) is 0 Å². The second-order valence-corrected chi connectivity index (χ2v) is 6.50. The van der Waals surface area contributed by atoms with E-state index in [1.165, 1.54) is 16.7 Å². The summed E-state index contributed by atoms with van der Waals surface area (Å²) in [6, 6.07) is -0.695. The van der Waals surface area contributed by atoms with Crippen molar-refractivity contribution >= 4 is 23.6 Å². The summed E-state index contributed by atoms with van der Waals surface area (Å²) in [6.07, 6.45) is 1.06. The molecule has 2 atom stereocenters. The summed E-state index contributed by atoms with van der Waals surface area (Å²) < 4.78 is 25.7. The minimum absolute atomic E-state index is 0.110. The molecule has 2 aliphatic heterocycles. The second kappa shape index (κ2) is 4.90. The number of thioether (sulfide) groups is 1. The van der Waals surface area contributed by atoms with Crippen LogP contribution in [0.15, 0.2) is 0 Å². The second-order valence-electron chi connectivity index (χ2n) is 5.00. The first-order valence-corrected chi connectivity index (χ1v) is 7.00. The van der Waals surface area contributed by atoms with Gasteiger partial charge in [-0.05, 0) is 13.3 Å². The number of nitrogens with zero attached hydrogens (tertiary/aromatic N) is 1. The molecule has 8 heteroatoms. The number of hydrogen-bond acceptors (Lipinski definition) is 4. The van der Waals surface area contributed by atoms with Gasteiger partial charge in [-0.25, -0.2) is 8.78 Å². The maximum Gasteiger partial charge on any atom is 0.287 e. The molecular formula is C11H16F2N2O3S. The molecular weight excluding hydrogens is 278 g/mol. The van der Waals surface area contributed by atoms with E-state index >= 15 is 0 Å². The van der Waals surface area contributed by atoms with Crippen LogP contribution in [-0.4, -0.2) is 57.6 Å². The molecule has 0 bridgehead atoms. The first kappa shape index (κ1) is 14.5. The summed E-state index contributed by atoms with van der Waals surface area (Å²) in [5.41, 5.74) is 0. The number of fused-ring (bicyclic) bond motifs is 1. The lowest BCUT2D eigenvalue weighted by atomic mass is 10.2.